The second-order valence-electron chi connectivity index (χ2n) is 8.83. The molecule has 0 bridgehead atoms. The zero-order chi connectivity index (χ0) is 21.7. The summed E-state index contributed by atoms with van der Waals surface area (Å²) < 4.78 is 5.38. The molecule has 0 unspecified atom stereocenters. The van der Waals surface area contributed by atoms with Gasteiger partial charge in [0.1, 0.15) is 11.4 Å². The lowest BCUT2D eigenvalue weighted by Gasteiger charge is -2.32. The van der Waals surface area contributed by atoms with Gasteiger partial charge >= 0.3 is 5.97 Å². The maximum Gasteiger partial charge on any atom is 0.362 e. The van der Waals surface area contributed by atoms with Gasteiger partial charge in [-0.15, -0.1) is 0 Å². The largest absolute Gasteiger partial charge is 0.422 e. The zero-order valence-electron chi connectivity index (χ0n) is 18.7. The van der Waals surface area contributed by atoms with Crippen molar-refractivity contribution < 1.29 is 9.53 Å². The summed E-state index contributed by atoms with van der Waals surface area (Å²) in [6.07, 6.45) is 11.9. The second kappa shape index (κ2) is 9.25. The Morgan fingerprint density at radius 3 is 2.47 bits per heavy atom. The van der Waals surface area contributed by atoms with Gasteiger partial charge in [0.15, 0.2) is 0 Å². The summed E-state index contributed by atoms with van der Waals surface area (Å²) in [5, 5.41) is 0. The van der Waals surface area contributed by atoms with E-state index in [1.807, 2.05) is 25.1 Å². The average Bonchev–Trinajstić information content (AvgIpc) is 2.69. The number of nitrogens with zero attached hydrogens (tertiary/aromatic N) is 1. The van der Waals surface area contributed by atoms with Crippen molar-refractivity contribution >= 4 is 12.0 Å². The first kappa shape index (κ1) is 21.8. The van der Waals surface area contributed by atoms with Crippen LogP contribution in [0.15, 0.2) is 71.5 Å². The molecule has 1 aromatic heterocycles. The molecule has 30 heavy (non-hydrogen) atoms. The van der Waals surface area contributed by atoms with Gasteiger partial charge < -0.3 is 4.74 Å². The van der Waals surface area contributed by atoms with E-state index in [1.54, 1.807) is 24.4 Å². The Morgan fingerprint density at radius 2 is 1.83 bits per heavy atom. The van der Waals surface area contributed by atoms with Crippen LogP contribution in [0.4, 0.5) is 0 Å². The van der Waals surface area contributed by atoms with Gasteiger partial charge in [-0.3, -0.25) is 0 Å². The van der Waals surface area contributed by atoms with Crippen LogP contribution in [-0.2, 0) is 0 Å². The fraction of sp³-hybridized carbons (Fsp3) is 0.333. The predicted molar refractivity (Wildman–Crippen MR) is 123 cm³/mol. The molecule has 2 aromatic rings. The van der Waals surface area contributed by atoms with E-state index >= 15 is 0 Å². The van der Waals surface area contributed by atoms with Gasteiger partial charge in [0.2, 0.25) is 0 Å². The molecule has 3 heteroatoms. The van der Waals surface area contributed by atoms with E-state index in [2.05, 4.69) is 50.9 Å². The number of benzene rings is 1. The monoisotopic (exact) mass is 401 g/mol. The molecule has 0 fully saturated rings. The van der Waals surface area contributed by atoms with Crippen molar-refractivity contribution in [3.63, 3.8) is 0 Å². The highest BCUT2D eigenvalue weighted by Crippen LogP contribution is 2.40. The minimum atomic E-state index is -0.451. The molecular weight excluding hydrogens is 370 g/mol. The maximum absolute atomic E-state index is 12.3. The summed E-state index contributed by atoms with van der Waals surface area (Å²) in [5.74, 6) is 0.0699. The summed E-state index contributed by atoms with van der Waals surface area (Å²) in [5.41, 5.74) is 6.70. The highest BCUT2D eigenvalue weighted by atomic mass is 16.5. The van der Waals surface area contributed by atoms with Crippen LogP contribution < -0.4 is 4.74 Å². The van der Waals surface area contributed by atoms with Crippen molar-refractivity contribution in [3.8, 4) is 5.75 Å². The first-order valence-corrected chi connectivity index (χ1v) is 10.6. The van der Waals surface area contributed by atoms with Crippen LogP contribution in [0.1, 0.15) is 68.6 Å². The van der Waals surface area contributed by atoms with Crippen molar-refractivity contribution in [2.45, 2.75) is 53.9 Å². The van der Waals surface area contributed by atoms with E-state index in [-0.39, 0.29) is 5.41 Å². The van der Waals surface area contributed by atoms with Crippen LogP contribution in [0.2, 0.25) is 0 Å². The lowest BCUT2D eigenvalue weighted by atomic mass is 9.72. The third-order valence-corrected chi connectivity index (χ3v) is 5.68. The van der Waals surface area contributed by atoms with Crippen molar-refractivity contribution in [1.29, 1.82) is 0 Å². The molecule has 0 saturated heterocycles. The van der Waals surface area contributed by atoms with Crippen LogP contribution in [0.25, 0.3) is 6.08 Å². The topological polar surface area (TPSA) is 39.2 Å². The lowest BCUT2D eigenvalue weighted by Crippen LogP contribution is -2.19. The lowest BCUT2D eigenvalue weighted by molar-refractivity contribution is 0.0728. The van der Waals surface area contributed by atoms with Gasteiger partial charge in [0.25, 0.3) is 0 Å². The fourth-order valence-corrected chi connectivity index (χ4v) is 3.91. The highest BCUT2D eigenvalue weighted by molar-refractivity contribution is 5.89. The molecule has 3 rings (SSSR count). The molecule has 3 nitrogen and oxygen atoms in total. The van der Waals surface area contributed by atoms with E-state index in [0.29, 0.717) is 11.4 Å². The standard InChI is InChI=1S/C27H31NO2/c1-19-8-12-23(13-9-19)30-26(29)25-15-11-22(18-28-25)17-20(2)10-14-24-21(3)7-6-16-27(24,4)5/h8-15,17-18H,6-7,16H2,1-5H3/b14-10?,20-17+. The molecule has 156 valence electrons. The molecule has 0 amide bonds. The van der Waals surface area contributed by atoms with Gasteiger partial charge in [-0.2, -0.15) is 0 Å². The molecule has 0 atom stereocenters. The van der Waals surface area contributed by atoms with Crippen LogP contribution in [0.5, 0.6) is 5.75 Å². The summed E-state index contributed by atoms with van der Waals surface area (Å²) >= 11 is 0. The number of esters is 1. The molecule has 1 aliphatic carbocycles. The first-order chi connectivity index (χ1) is 14.2. The fourth-order valence-electron chi connectivity index (χ4n) is 3.91. The van der Waals surface area contributed by atoms with Crippen molar-refractivity contribution in [1.82, 2.24) is 4.98 Å². The second-order valence-corrected chi connectivity index (χ2v) is 8.83. The molecule has 0 N–H and O–H groups in total. The number of ether oxygens (including phenoxy) is 1. The maximum atomic E-state index is 12.3. The Hall–Kier alpha value is -2.94. The molecule has 0 aliphatic heterocycles. The van der Waals surface area contributed by atoms with Gasteiger partial charge in [-0.25, -0.2) is 9.78 Å². The van der Waals surface area contributed by atoms with E-state index < -0.39 is 5.97 Å². The van der Waals surface area contributed by atoms with Crippen molar-refractivity contribution in [3.05, 3.63) is 88.3 Å². The Morgan fingerprint density at radius 1 is 1.10 bits per heavy atom. The van der Waals surface area contributed by atoms with Crippen LogP contribution in [0.3, 0.4) is 0 Å². The normalized spacial score (nSPS) is 16.8. The Balaban J connectivity index is 1.67. The Kier molecular flexibility index (Phi) is 6.71. The number of rotatable bonds is 5. The van der Waals surface area contributed by atoms with Gasteiger partial charge in [0, 0.05) is 6.20 Å². The van der Waals surface area contributed by atoms with Gasteiger partial charge in [-0.05, 0) is 74.8 Å². The number of allylic oxidation sites excluding steroid dienone is 5. The summed E-state index contributed by atoms with van der Waals surface area (Å²) in [4.78, 5) is 16.6. The van der Waals surface area contributed by atoms with Crippen LogP contribution >= 0.6 is 0 Å². The quantitative estimate of drug-likeness (QED) is 0.305. The number of hydrogen-bond acceptors (Lipinski definition) is 3. The molecule has 1 heterocycles. The zero-order valence-corrected chi connectivity index (χ0v) is 18.7. The molecule has 0 radical (unpaired) electrons. The van der Waals surface area contributed by atoms with E-state index in [9.17, 15) is 4.79 Å². The molecule has 0 saturated carbocycles. The molecule has 0 spiro atoms. The minimum absolute atomic E-state index is 0.236. The van der Waals surface area contributed by atoms with Crippen molar-refractivity contribution in [2.24, 2.45) is 5.41 Å². The van der Waals surface area contributed by atoms with Gasteiger partial charge in [-0.1, -0.05) is 67.0 Å². The number of carbonyl (C=O) groups excluding carboxylic acids is 1. The van der Waals surface area contributed by atoms with Gasteiger partial charge in [0.05, 0.1) is 0 Å². The van der Waals surface area contributed by atoms with E-state index in [4.69, 9.17) is 4.74 Å². The smallest absolute Gasteiger partial charge is 0.362 e. The summed E-state index contributed by atoms with van der Waals surface area (Å²) in [6, 6.07) is 11.0. The van der Waals surface area contributed by atoms with Crippen LogP contribution in [0, 0.1) is 12.3 Å². The number of hydrogen-bond donors (Lipinski definition) is 0. The van der Waals surface area contributed by atoms with E-state index in [0.717, 1.165) is 16.7 Å². The van der Waals surface area contributed by atoms with E-state index in [1.165, 1.54) is 30.4 Å². The third kappa shape index (κ3) is 5.56. The summed E-state index contributed by atoms with van der Waals surface area (Å²) in [6.45, 7) is 11.0. The number of carbonyl (C=O) groups is 1. The SMILES string of the molecule is CC1=C(C=C/C(C)=C/c2ccc(C(=O)Oc3ccc(C)cc3)nc2)C(C)(C)CCC1. The Labute approximate surface area is 180 Å². The van der Waals surface area contributed by atoms with Crippen LogP contribution in [-0.4, -0.2) is 11.0 Å². The highest BCUT2D eigenvalue weighted by Gasteiger charge is 2.26. The number of aromatic nitrogens is 1. The molecule has 1 aliphatic rings. The first-order valence-electron chi connectivity index (χ1n) is 10.6. The van der Waals surface area contributed by atoms with Crippen molar-refractivity contribution in [2.75, 3.05) is 0 Å². The molecule has 1 aromatic carbocycles. The number of pyridine rings is 1. The predicted octanol–water partition coefficient (Wildman–Crippen LogP) is 7.10. The average molecular weight is 402 g/mol. The third-order valence-electron chi connectivity index (χ3n) is 5.68. The Bertz CT molecular complexity index is 990. The number of aryl methyl sites for hydroxylation is 1. The minimum Gasteiger partial charge on any atom is -0.422 e. The summed E-state index contributed by atoms with van der Waals surface area (Å²) in [7, 11) is 0. The molecular formula is C27H31NO2.